The minimum Gasteiger partial charge on any atom is -0.376 e. The van der Waals surface area contributed by atoms with Crippen molar-refractivity contribution < 1.29 is 22.3 Å². The zero-order valence-corrected chi connectivity index (χ0v) is 12.5. The Morgan fingerprint density at radius 3 is 2.71 bits per heavy atom. The normalized spacial score (nSPS) is 25.8. The molecule has 21 heavy (non-hydrogen) atoms. The molecular formula is C13H17FN2O4S. The van der Waals surface area contributed by atoms with Crippen molar-refractivity contribution in [3.8, 4) is 0 Å². The van der Waals surface area contributed by atoms with Gasteiger partial charge in [-0.05, 0) is 38.5 Å². The molecule has 0 aromatic heterocycles. The van der Waals surface area contributed by atoms with Crippen molar-refractivity contribution in [2.75, 3.05) is 6.61 Å². The van der Waals surface area contributed by atoms with Gasteiger partial charge in [0.1, 0.15) is 10.7 Å². The van der Waals surface area contributed by atoms with Gasteiger partial charge in [-0.15, -0.1) is 0 Å². The Hall–Kier alpha value is -1.51. The summed E-state index contributed by atoms with van der Waals surface area (Å²) in [5, 5.41) is 7.72. The van der Waals surface area contributed by atoms with Gasteiger partial charge < -0.3 is 10.1 Å². The highest BCUT2D eigenvalue weighted by Crippen LogP contribution is 2.25. The van der Waals surface area contributed by atoms with Crippen LogP contribution in [0.4, 0.5) is 4.39 Å². The fraction of sp³-hybridized carbons (Fsp3) is 0.462. The summed E-state index contributed by atoms with van der Waals surface area (Å²) in [5.41, 5.74) is -0.520. The van der Waals surface area contributed by atoms with Crippen molar-refractivity contribution in [3.05, 3.63) is 29.6 Å². The van der Waals surface area contributed by atoms with Gasteiger partial charge in [0, 0.05) is 12.2 Å². The molecule has 1 aliphatic heterocycles. The third kappa shape index (κ3) is 3.22. The number of primary sulfonamides is 1. The van der Waals surface area contributed by atoms with Gasteiger partial charge >= 0.3 is 0 Å². The number of hydrogen-bond donors (Lipinski definition) is 2. The summed E-state index contributed by atoms with van der Waals surface area (Å²) in [5.74, 6) is -1.49. The van der Waals surface area contributed by atoms with Crippen LogP contribution in [-0.4, -0.2) is 32.6 Å². The number of hydrogen-bond acceptors (Lipinski definition) is 4. The SMILES string of the molecule is CC1OCCC1(C)NC(=O)c1ccc(F)c(S(N)(=O)=O)c1. The molecule has 1 aliphatic rings. The first-order valence-corrected chi connectivity index (χ1v) is 7.94. The second-order valence-corrected chi connectivity index (χ2v) is 6.85. The molecule has 1 fully saturated rings. The second kappa shape index (κ2) is 5.36. The van der Waals surface area contributed by atoms with E-state index in [9.17, 15) is 17.6 Å². The van der Waals surface area contributed by atoms with Crippen LogP contribution in [0.5, 0.6) is 0 Å². The number of benzene rings is 1. The van der Waals surface area contributed by atoms with E-state index in [0.717, 1.165) is 12.1 Å². The molecule has 116 valence electrons. The smallest absolute Gasteiger partial charge is 0.251 e. The number of nitrogens with two attached hydrogens (primary N) is 1. The lowest BCUT2D eigenvalue weighted by Crippen LogP contribution is -2.50. The Morgan fingerprint density at radius 2 is 2.19 bits per heavy atom. The van der Waals surface area contributed by atoms with Gasteiger partial charge in [-0.25, -0.2) is 17.9 Å². The Bertz CT molecular complexity index is 677. The van der Waals surface area contributed by atoms with Crippen LogP contribution >= 0.6 is 0 Å². The molecule has 2 rings (SSSR count). The molecule has 0 aliphatic carbocycles. The fourth-order valence-electron chi connectivity index (χ4n) is 2.19. The van der Waals surface area contributed by atoms with Gasteiger partial charge in [0.15, 0.2) is 0 Å². The topological polar surface area (TPSA) is 98.5 Å². The van der Waals surface area contributed by atoms with E-state index in [1.807, 2.05) is 13.8 Å². The highest BCUT2D eigenvalue weighted by Gasteiger charge is 2.38. The van der Waals surface area contributed by atoms with E-state index in [1.54, 1.807) is 0 Å². The predicted octanol–water partition coefficient (Wildman–Crippen LogP) is 0.770. The molecule has 3 N–H and O–H groups in total. The van der Waals surface area contributed by atoms with Crippen molar-refractivity contribution >= 4 is 15.9 Å². The number of ether oxygens (including phenoxy) is 1. The molecule has 1 aromatic carbocycles. The molecule has 2 unspecified atom stereocenters. The average molecular weight is 316 g/mol. The maximum Gasteiger partial charge on any atom is 0.251 e. The highest BCUT2D eigenvalue weighted by molar-refractivity contribution is 7.89. The van der Waals surface area contributed by atoms with E-state index in [4.69, 9.17) is 9.88 Å². The maximum atomic E-state index is 13.5. The number of sulfonamides is 1. The van der Waals surface area contributed by atoms with E-state index in [0.29, 0.717) is 13.0 Å². The third-order valence-electron chi connectivity index (χ3n) is 3.79. The van der Waals surface area contributed by atoms with E-state index < -0.39 is 32.2 Å². The molecule has 8 heteroatoms. The lowest BCUT2D eigenvalue weighted by atomic mass is 9.94. The standard InChI is InChI=1S/C13H17FN2O4S/c1-8-13(2,5-6-20-8)16-12(17)9-3-4-10(14)11(7-9)21(15,18)19/h3-4,7-8H,5-6H2,1-2H3,(H,16,17)(H2,15,18,19). The van der Waals surface area contributed by atoms with E-state index in [1.165, 1.54) is 6.07 Å². The Kier molecular flexibility index (Phi) is 4.05. The van der Waals surface area contributed by atoms with Crippen LogP contribution in [-0.2, 0) is 14.8 Å². The van der Waals surface area contributed by atoms with Crippen LogP contribution in [0.25, 0.3) is 0 Å². The number of carbonyl (C=O) groups excluding carboxylic acids is 1. The quantitative estimate of drug-likeness (QED) is 0.860. The molecule has 0 bridgehead atoms. The van der Waals surface area contributed by atoms with Crippen molar-refractivity contribution in [1.82, 2.24) is 5.32 Å². The predicted molar refractivity (Wildman–Crippen MR) is 73.7 cm³/mol. The molecule has 0 spiro atoms. The number of nitrogens with one attached hydrogen (secondary N) is 1. The first kappa shape index (κ1) is 15.9. The molecule has 0 radical (unpaired) electrons. The van der Waals surface area contributed by atoms with Crippen LogP contribution < -0.4 is 10.5 Å². The number of halogens is 1. The summed E-state index contributed by atoms with van der Waals surface area (Å²) in [6.07, 6.45) is 0.475. The summed E-state index contributed by atoms with van der Waals surface area (Å²) in [7, 11) is -4.22. The second-order valence-electron chi connectivity index (χ2n) is 5.32. The molecule has 6 nitrogen and oxygen atoms in total. The highest BCUT2D eigenvalue weighted by atomic mass is 32.2. The lowest BCUT2D eigenvalue weighted by molar-refractivity contribution is 0.0727. The van der Waals surface area contributed by atoms with Gasteiger partial charge in [-0.1, -0.05) is 0 Å². The molecule has 1 aromatic rings. The van der Waals surface area contributed by atoms with E-state index in [2.05, 4.69) is 5.32 Å². The van der Waals surface area contributed by atoms with Gasteiger partial charge in [0.05, 0.1) is 11.6 Å². The van der Waals surface area contributed by atoms with Crippen LogP contribution in [0.3, 0.4) is 0 Å². The fourth-order valence-corrected chi connectivity index (χ4v) is 2.82. The van der Waals surface area contributed by atoms with Gasteiger partial charge in [0.25, 0.3) is 5.91 Å². The molecule has 1 saturated heterocycles. The summed E-state index contributed by atoms with van der Waals surface area (Å²) >= 11 is 0. The molecular weight excluding hydrogens is 299 g/mol. The van der Waals surface area contributed by atoms with Crippen LogP contribution in [0.1, 0.15) is 30.6 Å². The largest absolute Gasteiger partial charge is 0.376 e. The third-order valence-corrected chi connectivity index (χ3v) is 4.71. The van der Waals surface area contributed by atoms with Gasteiger partial charge in [-0.2, -0.15) is 0 Å². The molecule has 2 atom stereocenters. The number of amides is 1. The van der Waals surface area contributed by atoms with Crippen LogP contribution in [0, 0.1) is 5.82 Å². The van der Waals surface area contributed by atoms with Crippen molar-refractivity contribution in [2.45, 2.75) is 36.8 Å². The van der Waals surface area contributed by atoms with Gasteiger partial charge in [-0.3, -0.25) is 4.79 Å². The van der Waals surface area contributed by atoms with E-state index in [-0.39, 0.29) is 11.7 Å². The van der Waals surface area contributed by atoms with E-state index >= 15 is 0 Å². The number of rotatable bonds is 3. The zero-order chi connectivity index (χ0) is 15.8. The number of carbonyl (C=O) groups is 1. The molecule has 0 saturated carbocycles. The van der Waals surface area contributed by atoms with Crippen molar-refractivity contribution in [3.63, 3.8) is 0 Å². The minimum atomic E-state index is -4.22. The van der Waals surface area contributed by atoms with Gasteiger partial charge in [0.2, 0.25) is 10.0 Å². The first-order valence-electron chi connectivity index (χ1n) is 6.40. The van der Waals surface area contributed by atoms with Crippen LogP contribution in [0.15, 0.2) is 23.1 Å². The average Bonchev–Trinajstić information content (AvgIpc) is 2.68. The Balaban J connectivity index is 2.29. The molecule has 1 heterocycles. The maximum absolute atomic E-state index is 13.5. The summed E-state index contributed by atoms with van der Waals surface area (Å²) in [6, 6.07) is 3.05. The van der Waals surface area contributed by atoms with Crippen LogP contribution in [0.2, 0.25) is 0 Å². The Labute approximate surface area is 122 Å². The van der Waals surface area contributed by atoms with Crippen molar-refractivity contribution in [1.29, 1.82) is 0 Å². The lowest BCUT2D eigenvalue weighted by Gasteiger charge is -2.28. The first-order chi connectivity index (χ1) is 9.63. The van der Waals surface area contributed by atoms with Crippen molar-refractivity contribution in [2.24, 2.45) is 5.14 Å². The summed E-state index contributed by atoms with van der Waals surface area (Å²) in [6.45, 7) is 4.21. The summed E-state index contributed by atoms with van der Waals surface area (Å²) in [4.78, 5) is 11.5. The molecule has 1 amide bonds. The minimum absolute atomic E-state index is 0.0285. The summed E-state index contributed by atoms with van der Waals surface area (Å²) < 4.78 is 41.4. The Morgan fingerprint density at radius 1 is 1.52 bits per heavy atom. The monoisotopic (exact) mass is 316 g/mol. The zero-order valence-electron chi connectivity index (χ0n) is 11.7.